The van der Waals surface area contributed by atoms with Crippen LogP contribution in [0, 0.1) is 25.5 Å². The van der Waals surface area contributed by atoms with Crippen LogP contribution >= 0.6 is 15.9 Å². The van der Waals surface area contributed by atoms with Gasteiger partial charge in [0.2, 0.25) is 0 Å². The molecule has 0 aliphatic carbocycles. The van der Waals surface area contributed by atoms with E-state index in [-0.39, 0.29) is 5.56 Å². The second-order valence-electron chi connectivity index (χ2n) is 4.55. The van der Waals surface area contributed by atoms with Crippen molar-refractivity contribution in [2.75, 3.05) is 5.32 Å². The molecule has 0 saturated carbocycles. The van der Waals surface area contributed by atoms with Gasteiger partial charge in [0.1, 0.15) is 11.6 Å². The number of hydrogen-bond acceptors (Lipinski definition) is 1. The van der Waals surface area contributed by atoms with Crippen LogP contribution in [0.25, 0.3) is 0 Å². The van der Waals surface area contributed by atoms with E-state index in [9.17, 15) is 13.6 Å². The SMILES string of the molecule is Cc1cc(C)c(NC(=O)c2cc(F)cc(F)c2)c(Br)c1. The van der Waals surface area contributed by atoms with Gasteiger partial charge in [0.15, 0.2) is 0 Å². The van der Waals surface area contributed by atoms with E-state index in [4.69, 9.17) is 0 Å². The third kappa shape index (κ3) is 3.22. The molecule has 0 aliphatic rings. The van der Waals surface area contributed by atoms with Gasteiger partial charge in [-0.1, -0.05) is 6.07 Å². The first kappa shape index (κ1) is 14.7. The predicted molar refractivity (Wildman–Crippen MR) is 77.9 cm³/mol. The minimum atomic E-state index is -0.783. The summed E-state index contributed by atoms with van der Waals surface area (Å²) < 4.78 is 26.9. The van der Waals surface area contributed by atoms with Crippen molar-refractivity contribution in [3.63, 3.8) is 0 Å². The Bertz CT molecular complexity index is 642. The standard InChI is InChI=1S/C15H12BrF2NO/c1-8-3-9(2)14(13(16)4-8)19-15(20)10-5-11(17)7-12(18)6-10/h3-7H,1-2H3,(H,19,20). The Hall–Kier alpha value is -1.75. The molecule has 2 aromatic carbocycles. The Labute approximate surface area is 123 Å². The first-order valence-corrected chi connectivity index (χ1v) is 6.70. The van der Waals surface area contributed by atoms with Crippen molar-refractivity contribution in [2.24, 2.45) is 0 Å². The number of hydrogen-bond donors (Lipinski definition) is 1. The van der Waals surface area contributed by atoms with Crippen LogP contribution in [0.2, 0.25) is 0 Å². The molecule has 2 rings (SSSR count). The number of anilines is 1. The lowest BCUT2D eigenvalue weighted by atomic mass is 10.1. The maximum absolute atomic E-state index is 13.1. The Morgan fingerprint density at radius 3 is 2.20 bits per heavy atom. The summed E-state index contributed by atoms with van der Waals surface area (Å²) >= 11 is 3.37. The quantitative estimate of drug-likeness (QED) is 0.851. The highest BCUT2D eigenvalue weighted by Gasteiger charge is 2.13. The number of benzene rings is 2. The largest absolute Gasteiger partial charge is 0.321 e. The Kier molecular flexibility index (Phi) is 4.18. The number of amides is 1. The fourth-order valence-corrected chi connectivity index (χ4v) is 2.72. The van der Waals surface area contributed by atoms with Crippen molar-refractivity contribution in [3.8, 4) is 0 Å². The molecular weight excluding hydrogens is 328 g/mol. The van der Waals surface area contributed by atoms with Crippen molar-refractivity contribution >= 4 is 27.5 Å². The first-order chi connectivity index (χ1) is 9.36. The van der Waals surface area contributed by atoms with E-state index in [0.29, 0.717) is 5.69 Å². The van der Waals surface area contributed by atoms with E-state index in [2.05, 4.69) is 21.2 Å². The molecule has 2 nitrogen and oxygen atoms in total. The summed E-state index contributed by atoms with van der Waals surface area (Å²) in [4.78, 5) is 12.0. The fourth-order valence-electron chi connectivity index (χ4n) is 1.94. The van der Waals surface area contributed by atoms with E-state index in [1.54, 1.807) is 0 Å². The molecule has 0 heterocycles. The first-order valence-electron chi connectivity index (χ1n) is 5.91. The van der Waals surface area contributed by atoms with Crippen LogP contribution in [0.4, 0.5) is 14.5 Å². The molecule has 104 valence electrons. The summed E-state index contributed by atoms with van der Waals surface area (Å²) in [7, 11) is 0. The number of rotatable bonds is 2. The van der Waals surface area contributed by atoms with E-state index >= 15 is 0 Å². The minimum absolute atomic E-state index is 0.0608. The third-order valence-corrected chi connectivity index (χ3v) is 3.42. The van der Waals surface area contributed by atoms with Gasteiger partial charge in [0.05, 0.1) is 5.69 Å². The molecule has 1 N–H and O–H groups in total. The van der Waals surface area contributed by atoms with Crippen molar-refractivity contribution < 1.29 is 13.6 Å². The molecule has 0 spiro atoms. The zero-order valence-corrected chi connectivity index (χ0v) is 12.5. The molecule has 0 aliphatic heterocycles. The molecule has 0 bridgehead atoms. The van der Waals surface area contributed by atoms with Gasteiger partial charge in [-0.15, -0.1) is 0 Å². The molecule has 5 heteroatoms. The van der Waals surface area contributed by atoms with Crippen molar-refractivity contribution in [2.45, 2.75) is 13.8 Å². The predicted octanol–water partition coefficient (Wildman–Crippen LogP) is 4.60. The van der Waals surface area contributed by atoms with E-state index in [0.717, 1.165) is 33.8 Å². The molecule has 0 aromatic heterocycles. The number of aryl methyl sites for hydroxylation is 2. The van der Waals surface area contributed by atoms with Crippen LogP contribution in [0.15, 0.2) is 34.8 Å². The molecule has 2 aromatic rings. The Morgan fingerprint density at radius 2 is 1.65 bits per heavy atom. The van der Waals surface area contributed by atoms with Gasteiger partial charge in [-0.2, -0.15) is 0 Å². The maximum atomic E-state index is 13.1. The highest BCUT2D eigenvalue weighted by molar-refractivity contribution is 9.10. The van der Waals surface area contributed by atoms with Crippen molar-refractivity contribution in [3.05, 3.63) is 63.1 Å². The van der Waals surface area contributed by atoms with Crippen LogP contribution in [-0.2, 0) is 0 Å². The van der Waals surface area contributed by atoms with Crippen LogP contribution in [0.1, 0.15) is 21.5 Å². The topological polar surface area (TPSA) is 29.1 Å². The van der Waals surface area contributed by atoms with Gasteiger partial charge in [-0.05, 0) is 59.1 Å². The van der Waals surface area contributed by atoms with Gasteiger partial charge < -0.3 is 5.32 Å². The molecular formula is C15H12BrF2NO. The van der Waals surface area contributed by atoms with Gasteiger partial charge in [-0.3, -0.25) is 4.79 Å². The smallest absolute Gasteiger partial charge is 0.255 e. The highest BCUT2D eigenvalue weighted by atomic mass is 79.9. The lowest BCUT2D eigenvalue weighted by Crippen LogP contribution is -2.14. The molecule has 0 saturated heterocycles. The second-order valence-corrected chi connectivity index (χ2v) is 5.41. The monoisotopic (exact) mass is 339 g/mol. The zero-order chi connectivity index (χ0) is 14.9. The number of halogens is 3. The van der Waals surface area contributed by atoms with Crippen LogP contribution in [0.3, 0.4) is 0 Å². The Balaban J connectivity index is 2.32. The van der Waals surface area contributed by atoms with Crippen molar-refractivity contribution in [1.82, 2.24) is 0 Å². The third-order valence-electron chi connectivity index (χ3n) is 2.80. The average molecular weight is 340 g/mol. The zero-order valence-electron chi connectivity index (χ0n) is 10.9. The minimum Gasteiger partial charge on any atom is -0.321 e. The molecule has 1 amide bonds. The fraction of sp³-hybridized carbons (Fsp3) is 0.133. The molecule has 0 unspecified atom stereocenters. The Morgan fingerprint density at radius 1 is 1.05 bits per heavy atom. The summed E-state index contributed by atoms with van der Waals surface area (Å²) in [5.41, 5.74) is 2.44. The molecule has 20 heavy (non-hydrogen) atoms. The van der Waals surface area contributed by atoms with Crippen LogP contribution < -0.4 is 5.32 Å². The number of nitrogens with one attached hydrogen (secondary N) is 1. The highest BCUT2D eigenvalue weighted by Crippen LogP contribution is 2.28. The van der Waals surface area contributed by atoms with Gasteiger partial charge in [0.25, 0.3) is 5.91 Å². The molecule has 0 radical (unpaired) electrons. The van der Waals surface area contributed by atoms with Crippen LogP contribution in [0.5, 0.6) is 0 Å². The second kappa shape index (κ2) is 5.71. The summed E-state index contributed by atoms with van der Waals surface area (Å²) in [6, 6.07) is 6.48. The summed E-state index contributed by atoms with van der Waals surface area (Å²) in [6.07, 6.45) is 0. The number of carbonyl (C=O) groups is 1. The van der Waals surface area contributed by atoms with Gasteiger partial charge in [-0.25, -0.2) is 8.78 Å². The van der Waals surface area contributed by atoms with Crippen LogP contribution in [-0.4, -0.2) is 5.91 Å². The van der Waals surface area contributed by atoms with E-state index in [1.165, 1.54) is 0 Å². The summed E-state index contributed by atoms with van der Waals surface area (Å²) in [6.45, 7) is 3.78. The number of carbonyl (C=O) groups excluding carboxylic acids is 1. The normalized spacial score (nSPS) is 10.4. The van der Waals surface area contributed by atoms with Gasteiger partial charge in [0, 0.05) is 16.1 Å². The summed E-state index contributed by atoms with van der Waals surface area (Å²) in [5.74, 6) is -2.12. The lowest BCUT2D eigenvalue weighted by molar-refractivity contribution is 0.102. The average Bonchev–Trinajstić information content (AvgIpc) is 2.32. The maximum Gasteiger partial charge on any atom is 0.255 e. The van der Waals surface area contributed by atoms with Crippen molar-refractivity contribution in [1.29, 1.82) is 0 Å². The molecule has 0 atom stereocenters. The van der Waals surface area contributed by atoms with Gasteiger partial charge >= 0.3 is 0 Å². The lowest BCUT2D eigenvalue weighted by Gasteiger charge is -2.12. The summed E-state index contributed by atoms with van der Waals surface area (Å²) in [5, 5.41) is 2.66. The van der Waals surface area contributed by atoms with E-state index in [1.807, 2.05) is 26.0 Å². The molecule has 0 fully saturated rings. The van der Waals surface area contributed by atoms with E-state index < -0.39 is 17.5 Å².